The van der Waals surface area contributed by atoms with Crippen molar-refractivity contribution in [2.75, 3.05) is 0 Å². The average molecular weight is 274 g/mol. The van der Waals surface area contributed by atoms with Gasteiger partial charge in [-0.05, 0) is 12.5 Å². The van der Waals surface area contributed by atoms with Crippen LogP contribution in [0, 0.1) is 6.92 Å². The van der Waals surface area contributed by atoms with E-state index in [1.54, 1.807) is 37.3 Å². The van der Waals surface area contributed by atoms with Crippen LogP contribution in [-0.4, -0.2) is 22.1 Å². The molecule has 1 heterocycles. The highest BCUT2D eigenvalue weighted by Gasteiger charge is 2.10. The maximum atomic E-state index is 11.7. The van der Waals surface area contributed by atoms with Gasteiger partial charge in [-0.25, -0.2) is 0 Å². The van der Waals surface area contributed by atoms with Crippen molar-refractivity contribution < 1.29 is 14.5 Å². The number of benzene rings is 1. The van der Waals surface area contributed by atoms with Gasteiger partial charge in [0, 0.05) is 18.2 Å². The van der Waals surface area contributed by atoms with Crippen molar-refractivity contribution in [3.05, 3.63) is 52.9 Å². The number of carbonyl (C=O) groups excluding carboxylic acids is 1. The third kappa shape index (κ3) is 3.14. The molecule has 0 unspecified atom stereocenters. The van der Waals surface area contributed by atoms with E-state index in [0.29, 0.717) is 17.9 Å². The van der Waals surface area contributed by atoms with Crippen LogP contribution in [-0.2, 0) is 6.54 Å². The monoisotopic (exact) mass is 274 g/mol. The highest BCUT2D eigenvalue weighted by atomic mass is 16.5. The summed E-state index contributed by atoms with van der Waals surface area (Å²) in [5.74, 6) is 0.319. The van der Waals surface area contributed by atoms with Crippen LogP contribution in [0.3, 0.4) is 0 Å². The van der Waals surface area contributed by atoms with Crippen LogP contribution in [0.2, 0.25) is 0 Å². The van der Waals surface area contributed by atoms with E-state index >= 15 is 0 Å². The Morgan fingerprint density at radius 2 is 2.15 bits per heavy atom. The molecule has 1 aromatic heterocycles. The fourth-order valence-electron chi connectivity index (χ4n) is 1.60. The number of rotatable bonds is 4. The molecule has 2 rings (SSSR count). The Morgan fingerprint density at radius 3 is 2.70 bits per heavy atom. The van der Waals surface area contributed by atoms with Crippen molar-refractivity contribution in [2.24, 2.45) is 10.9 Å². The standard InChI is InChI=1S/C13H14N4O3/c1-8-6-11(17-20-8)13(18)15-7-9-2-4-10(5-3-9)12(14)16-19/h2-6,19H,7H2,1H3,(H2,14,16)(H,15,18). The minimum absolute atomic E-state index is 0.0404. The first-order valence-corrected chi connectivity index (χ1v) is 5.88. The summed E-state index contributed by atoms with van der Waals surface area (Å²) in [5.41, 5.74) is 7.19. The molecule has 0 spiro atoms. The first-order valence-electron chi connectivity index (χ1n) is 5.88. The normalized spacial score (nSPS) is 11.3. The molecule has 0 saturated carbocycles. The van der Waals surface area contributed by atoms with E-state index in [2.05, 4.69) is 15.6 Å². The van der Waals surface area contributed by atoms with E-state index in [9.17, 15) is 4.79 Å². The summed E-state index contributed by atoms with van der Waals surface area (Å²) in [6, 6.07) is 8.54. The van der Waals surface area contributed by atoms with E-state index in [1.165, 1.54) is 0 Å². The zero-order valence-corrected chi connectivity index (χ0v) is 10.8. The lowest BCUT2D eigenvalue weighted by molar-refractivity contribution is 0.0942. The van der Waals surface area contributed by atoms with E-state index in [1.807, 2.05) is 0 Å². The quantitative estimate of drug-likeness (QED) is 0.333. The van der Waals surface area contributed by atoms with Crippen molar-refractivity contribution >= 4 is 11.7 Å². The highest BCUT2D eigenvalue weighted by Crippen LogP contribution is 2.05. The Kier molecular flexibility index (Phi) is 3.99. The molecule has 20 heavy (non-hydrogen) atoms. The number of amides is 1. The van der Waals surface area contributed by atoms with Gasteiger partial charge in [-0.15, -0.1) is 0 Å². The molecule has 0 aliphatic heterocycles. The molecule has 104 valence electrons. The number of nitrogens with zero attached hydrogens (tertiary/aromatic N) is 2. The predicted octanol–water partition coefficient (Wildman–Crippen LogP) is 1.01. The Bertz CT molecular complexity index is 631. The summed E-state index contributed by atoms with van der Waals surface area (Å²) >= 11 is 0. The van der Waals surface area contributed by atoms with E-state index < -0.39 is 0 Å². The molecule has 2 aromatic rings. The van der Waals surface area contributed by atoms with Crippen molar-refractivity contribution in [1.29, 1.82) is 0 Å². The van der Waals surface area contributed by atoms with Crippen LogP contribution < -0.4 is 11.1 Å². The van der Waals surface area contributed by atoms with Gasteiger partial charge in [0.25, 0.3) is 5.91 Å². The number of nitrogens with one attached hydrogen (secondary N) is 1. The summed E-state index contributed by atoms with van der Waals surface area (Å²) in [4.78, 5) is 11.7. The maximum absolute atomic E-state index is 11.7. The third-order valence-electron chi connectivity index (χ3n) is 2.67. The largest absolute Gasteiger partial charge is 0.409 e. The SMILES string of the molecule is Cc1cc(C(=O)NCc2ccc(C(N)=NO)cc2)no1. The average Bonchev–Trinajstić information content (AvgIpc) is 2.91. The molecule has 0 atom stereocenters. The third-order valence-corrected chi connectivity index (χ3v) is 2.67. The molecule has 0 radical (unpaired) electrons. The number of oxime groups is 1. The van der Waals surface area contributed by atoms with Crippen molar-refractivity contribution in [1.82, 2.24) is 10.5 Å². The van der Waals surface area contributed by atoms with Crippen LogP contribution in [0.15, 0.2) is 40.0 Å². The molecule has 1 aromatic carbocycles. The van der Waals surface area contributed by atoms with Crippen LogP contribution in [0.5, 0.6) is 0 Å². The number of carbonyl (C=O) groups is 1. The minimum atomic E-state index is -0.303. The highest BCUT2D eigenvalue weighted by molar-refractivity contribution is 5.97. The number of nitrogens with two attached hydrogens (primary N) is 1. The zero-order chi connectivity index (χ0) is 14.5. The summed E-state index contributed by atoms with van der Waals surface area (Å²) < 4.78 is 4.83. The fraction of sp³-hybridized carbons (Fsp3) is 0.154. The van der Waals surface area contributed by atoms with Gasteiger partial charge in [0.15, 0.2) is 11.5 Å². The van der Waals surface area contributed by atoms with Crippen molar-refractivity contribution in [2.45, 2.75) is 13.5 Å². The Morgan fingerprint density at radius 1 is 1.45 bits per heavy atom. The van der Waals surface area contributed by atoms with Gasteiger partial charge in [-0.1, -0.05) is 34.6 Å². The lowest BCUT2D eigenvalue weighted by Gasteiger charge is -2.04. The zero-order valence-electron chi connectivity index (χ0n) is 10.8. The van der Waals surface area contributed by atoms with Gasteiger partial charge in [-0.3, -0.25) is 4.79 Å². The maximum Gasteiger partial charge on any atom is 0.273 e. The second kappa shape index (κ2) is 5.87. The van der Waals surface area contributed by atoms with Gasteiger partial charge >= 0.3 is 0 Å². The molecule has 4 N–H and O–H groups in total. The Labute approximate surface area is 115 Å². The van der Waals surface area contributed by atoms with E-state index in [4.69, 9.17) is 15.5 Å². The van der Waals surface area contributed by atoms with Crippen molar-refractivity contribution in [3.8, 4) is 0 Å². The van der Waals surface area contributed by atoms with Crippen LogP contribution in [0.1, 0.15) is 27.4 Å². The fourth-order valence-corrected chi connectivity index (χ4v) is 1.60. The first kappa shape index (κ1) is 13.6. The Balaban J connectivity index is 1.96. The second-order valence-corrected chi connectivity index (χ2v) is 4.19. The smallest absolute Gasteiger partial charge is 0.273 e. The van der Waals surface area contributed by atoms with Crippen molar-refractivity contribution in [3.63, 3.8) is 0 Å². The van der Waals surface area contributed by atoms with Gasteiger partial charge in [0.1, 0.15) is 5.76 Å². The Hall–Kier alpha value is -2.83. The molecule has 7 nitrogen and oxygen atoms in total. The topological polar surface area (TPSA) is 114 Å². The van der Waals surface area contributed by atoms with E-state index in [0.717, 1.165) is 5.56 Å². The van der Waals surface area contributed by atoms with Gasteiger partial charge in [-0.2, -0.15) is 0 Å². The van der Waals surface area contributed by atoms with E-state index in [-0.39, 0.29) is 17.4 Å². The van der Waals surface area contributed by atoms with Crippen LogP contribution in [0.4, 0.5) is 0 Å². The molecule has 0 fully saturated rings. The van der Waals surface area contributed by atoms with Gasteiger partial charge < -0.3 is 20.8 Å². The lowest BCUT2D eigenvalue weighted by atomic mass is 10.1. The second-order valence-electron chi connectivity index (χ2n) is 4.19. The summed E-state index contributed by atoms with van der Waals surface area (Å²) in [7, 11) is 0. The summed E-state index contributed by atoms with van der Waals surface area (Å²) in [6.45, 7) is 2.07. The molecular weight excluding hydrogens is 260 g/mol. The first-order chi connectivity index (χ1) is 9.60. The van der Waals surface area contributed by atoms with Gasteiger partial charge in [0.2, 0.25) is 0 Å². The number of amidine groups is 1. The minimum Gasteiger partial charge on any atom is -0.409 e. The lowest BCUT2D eigenvalue weighted by Crippen LogP contribution is -2.23. The number of aryl methyl sites for hydroxylation is 1. The van der Waals surface area contributed by atoms with Gasteiger partial charge in [0.05, 0.1) is 0 Å². The molecule has 0 saturated heterocycles. The number of hydrogen-bond acceptors (Lipinski definition) is 5. The molecule has 0 aliphatic rings. The van der Waals surface area contributed by atoms with Crippen LogP contribution in [0.25, 0.3) is 0 Å². The molecule has 7 heteroatoms. The predicted molar refractivity (Wildman–Crippen MR) is 71.4 cm³/mol. The molecule has 1 amide bonds. The molecular formula is C13H14N4O3. The molecule has 0 aliphatic carbocycles. The summed E-state index contributed by atoms with van der Waals surface area (Å²) in [5, 5.41) is 17.8. The summed E-state index contributed by atoms with van der Waals surface area (Å²) in [6.07, 6.45) is 0. The number of aromatic nitrogens is 1. The molecule has 0 bridgehead atoms. The van der Waals surface area contributed by atoms with Crippen LogP contribution >= 0.6 is 0 Å². The number of hydrogen-bond donors (Lipinski definition) is 3.